The van der Waals surface area contributed by atoms with Crippen LogP contribution in [0.2, 0.25) is 0 Å². The van der Waals surface area contributed by atoms with Crippen molar-refractivity contribution in [2.24, 2.45) is 0 Å². The molecule has 6 heteroatoms. The quantitative estimate of drug-likeness (QED) is 0.429. The highest BCUT2D eigenvalue weighted by Gasteiger charge is 2.10. The van der Waals surface area contributed by atoms with E-state index in [2.05, 4.69) is 4.74 Å². The molecule has 0 heterocycles. The molecule has 102 valence electrons. The molecule has 0 unspecified atom stereocenters. The Morgan fingerprint density at radius 1 is 1.05 bits per heavy atom. The molecular weight excluding hydrogens is 252 g/mol. The minimum atomic E-state index is -0.998. The molecule has 6 nitrogen and oxygen atoms in total. The lowest BCUT2D eigenvalue weighted by atomic mass is 10.3. The normalized spacial score (nSPS) is 10.7. The van der Waals surface area contributed by atoms with E-state index < -0.39 is 31.3 Å². The van der Waals surface area contributed by atoms with Crippen LogP contribution in [-0.4, -0.2) is 41.5 Å². The van der Waals surface area contributed by atoms with Gasteiger partial charge < -0.3 is 19.7 Å². The Bertz CT molecular complexity index is 436. The number of aliphatic hydroxyl groups is 2. The Hall–Kier alpha value is -2.18. The first-order valence-corrected chi connectivity index (χ1v) is 5.53. The van der Waals surface area contributed by atoms with Gasteiger partial charge in [0.15, 0.2) is 0 Å². The summed E-state index contributed by atoms with van der Waals surface area (Å²) in [5.41, 5.74) is 0. The average molecular weight is 266 g/mol. The number of ether oxygens (including phenoxy) is 2. The van der Waals surface area contributed by atoms with Gasteiger partial charge in [-0.05, 0) is 12.1 Å². The molecule has 0 amide bonds. The molecule has 19 heavy (non-hydrogen) atoms. The molecule has 0 atom stereocenters. The van der Waals surface area contributed by atoms with Crippen molar-refractivity contribution >= 4 is 11.9 Å². The second-order valence-corrected chi connectivity index (χ2v) is 3.49. The van der Waals surface area contributed by atoms with Crippen LogP contribution in [0.15, 0.2) is 42.5 Å². The zero-order valence-corrected chi connectivity index (χ0v) is 10.1. The summed E-state index contributed by atoms with van der Waals surface area (Å²) in [6, 6.07) is 8.37. The SMILES string of the molecule is O=C(/C=C\C(=O)OC(CO)CO)Oc1ccccc1. The Balaban J connectivity index is 2.43. The summed E-state index contributed by atoms with van der Waals surface area (Å²) in [5.74, 6) is -1.22. The third kappa shape index (κ3) is 5.80. The summed E-state index contributed by atoms with van der Waals surface area (Å²) in [7, 11) is 0. The Morgan fingerprint density at radius 2 is 1.63 bits per heavy atom. The predicted octanol–water partition coefficient (Wildman–Crippen LogP) is 0.0446. The van der Waals surface area contributed by atoms with Gasteiger partial charge >= 0.3 is 11.9 Å². The third-order valence-electron chi connectivity index (χ3n) is 2.01. The van der Waals surface area contributed by atoms with Crippen LogP contribution in [0.4, 0.5) is 0 Å². The molecule has 0 aromatic heterocycles. The molecule has 2 N–H and O–H groups in total. The van der Waals surface area contributed by atoms with Crippen LogP contribution in [0, 0.1) is 0 Å². The van der Waals surface area contributed by atoms with Gasteiger partial charge in [-0.2, -0.15) is 0 Å². The maximum Gasteiger partial charge on any atom is 0.336 e. The van der Waals surface area contributed by atoms with E-state index in [4.69, 9.17) is 14.9 Å². The zero-order valence-electron chi connectivity index (χ0n) is 10.1. The molecule has 0 bridgehead atoms. The van der Waals surface area contributed by atoms with Crippen LogP contribution in [-0.2, 0) is 14.3 Å². The highest BCUT2D eigenvalue weighted by Crippen LogP contribution is 2.08. The molecule has 0 aliphatic carbocycles. The molecule has 1 aromatic rings. The first kappa shape index (κ1) is 14.9. The summed E-state index contributed by atoms with van der Waals surface area (Å²) >= 11 is 0. The smallest absolute Gasteiger partial charge is 0.336 e. The van der Waals surface area contributed by atoms with Gasteiger partial charge in [0.25, 0.3) is 0 Å². The largest absolute Gasteiger partial charge is 0.454 e. The average Bonchev–Trinajstić information content (AvgIpc) is 2.43. The van der Waals surface area contributed by atoms with Crippen molar-refractivity contribution in [1.82, 2.24) is 0 Å². The standard InChI is InChI=1S/C13H14O6/c14-8-11(9-15)19-13(17)7-6-12(16)18-10-4-2-1-3-5-10/h1-7,11,14-15H,8-9H2/b7-6-. The van der Waals surface area contributed by atoms with E-state index in [9.17, 15) is 9.59 Å². The predicted molar refractivity (Wildman–Crippen MR) is 65.3 cm³/mol. The number of benzene rings is 1. The molecule has 0 spiro atoms. The summed E-state index contributed by atoms with van der Waals surface area (Å²) in [6.45, 7) is -0.991. The minimum Gasteiger partial charge on any atom is -0.454 e. The van der Waals surface area contributed by atoms with E-state index in [1.165, 1.54) is 0 Å². The number of carbonyl (C=O) groups is 2. The second kappa shape index (κ2) is 8.02. The molecular formula is C13H14O6. The van der Waals surface area contributed by atoms with Gasteiger partial charge in [0.2, 0.25) is 0 Å². The maximum absolute atomic E-state index is 11.3. The van der Waals surface area contributed by atoms with Crippen LogP contribution in [0.1, 0.15) is 0 Å². The van der Waals surface area contributed by atoms with E-state index in [1.54, 1.807) is 30.3 Å². The van der Waals surface area contributed by atoms with Crippen LogP contribution >= 0.6 is 0 Å². The molecule has 0 fully saturated rings. The topological polar surface area (TPSA) is 93.1 Å². The van der Waals surface area contributed by atoms with Crippen molar-refractivity contribution < 1.29 is 29.3 Å². The van der Waals surface area contributed by atoms with Gasteiger partial charge in [0.05, 0.1) is 13.2 Å². The maximum atomic E-state index is 11.3. The lowest BCUT2D eigenvalue weighted by Crippen LogP contribution is -2.24. The summed E-state index contributed by atoms with van der Waals surface area (Å²) in [5, 5.41) is 17.4. The van der Waals surface area contributed by atoms with Crippen molar-refractivity contribution in [2.75, 3.05) is 13.2 Å². The number of para-hydroxylation sites is 1. The zero-order chi connectivity index (χ0) is 14.1. The number of carbonyl (C=O) groups excluding carboxylic acids is 2. The summed E-state index contributed by atoms with van der Waals surface area (Å²) in [4.78, 5) is 22.5. The van der Waals surface area contributed by atoms with Crippen LogP contribution in [0.5, 0.6) is 5.75 Å². The van der Waals surface area contributed by atoms with Gasteiger partial charge in [-0.3, -0.25) is 0 Å². The fraction of sp³-hybridized carbons (Fsp3) is 0.231. The van der Waals surface area contributed by atoms with E-state index in [-0.39, 0.29) is 0 Å². The van der Waals surface area contributed by atoms with Crippen LogP contribution in [0.3, 0.4) is 0 Å². The van der Waals surface area contributed by atoms with Crippen molar-refractivity contribution in [1.29, 1.82) is 0 Å². The molecule has 0 aliphatic heterocycles. The van der Waals surface area contributed by atoms with Crippen molar-refractivity contribution in [2.45, 2.75) is 6.10 Å². The number of hydrogen-bond acceptors (Lipinski definition) is 6. The first-order valence-electron chi connectivity index (χ1n) is 5.53. The van der Waals surface area contributed by atoms with Crippen LogP contribution < -0.4 is 4.74 Å². The highest BCUT2D eigenvalue weighted by atomic mass is 16.6. The van der Waals surface area contributed by atoms with E-state index in [0.29, 0.717) is 5.75 Å². The highest BCUT2D eigenvalue weighted by molar-refractivity contribution is 5.92. The van der Waals surface area contributed by atoms with Crippen molar-refractivity contribution in [3.63, 3.8) is 0 Å². The lowest BCUT2D eigenvalue weighted by molar-refractivity contribution is -0.147. The minimum absolute atomic E-state index is 0.356. The van der Waals surface area contributed by atoms with Crippen LogP contribution in [0.25, 0.3) is 0 Å². The van der Waals surface area contributed by atoms with Crippen molar-refractivity contribution in [3.05, 3.63) is 42.5 Å². The van der Waals surface area contributed by atoms with E-state index >= 15 is 0 Å². The second-order valence-electron chi connectivity index (χ2n) is 3.49. The van der Waals surface area contributed by atoms with Gasteiger partial charge in [-0.25, -0.2) is 9.59 Å². The van der Waals surface area contributed by atoms with Gasteiger partial charge in [0.1, 0.15) is 11.9 Å². The van der Waals surface area contributed by atoms with E-state index in [0.717, 1.165) is 12.2 Å². The fourth-order valence-corrected chi connectivity index (χ4v) is 1.11. The molecule has 1 aromatic carbocycles. The molecule has 0 radical (unpaired) electrons. The first-order chi connectivity index (χ1) is 9.15. The molecule has 1 rings (SSSR count). The van der Waals surface area contributed by atoms with Crippen molar-refractivity contribution in [3.8, 4) is 5.75 Å². The monoisotopic (exact) mass is 266 g/mol. The van der Waals surface area contributed by atoms with Gasteiger partial charge in [-0.15, -0.1) is 0 Å². The fourth-order valence-electron chi connectivity index (χ4n) is 1.11. The summed E-state index contributed by atoms with van der Waals surface area (Å²) < 4.78 is 9.51. The molecule has 0 saturated carbocycles. The number of esters is 2. The lowest BCUT2D eigenvalue weighted by Gasteiger charge is -2.10. The molecule has 0 aliphatic rings. The number of hydrogen-bond donors (Lipinski definition) is 2. The van der Waals surface area contributed by atoms with Gasteiger partial charge in [-0.1, -0.05) is 18.2 Å². The summed E-state index contributed by atoms with van der Waals surface area (Å²) in [6.07, 6.45) is 0.771. The Labute approximate surface area is 109 Å². The van der Waals surface area contributed by atoms with E-state index in [1.807, 2.05) is 0 Å². The Kier molecular flexibility index (Phi) is 6.28. The molecule has 0 saturated heterocycles. The third-order valence-corrected chi connectivity index (χ3v) is 2.01. The number of rotatable bonds is 6. The van der Waals surface area contributed by atoms with Gasteiger partial charge in [0, 0.05) is 12.2 Å². The number of aliphatic hydroxyl groups excluding tert-OH is 2. The Morgan fingerprint density at radius 3 is 2.21 bits per heavy atom.